The van der Waals surface area contributed by atoms with Crippen LogP contribution in [0.1, 0.15) is 51.3 Å². The van der Waals surface area contributed by atoms with Gasteiger partial charge in [-0.1, -0.05) is 103 Å². The van der Waals surface area contributed by atoms with Crippen LogP contribution < -0.4 is 5.32 Å². The molecule has 1 N–H and O–H groups in total. The number of imidazole rings is 1. The van der Waals surface area contributed by atoms with Crippen LogP contribution in [0.2, 0.25) is 0 Å². The minimum Gasteiger partial charge on any atom is -0.350 e. The molecule has 180 valence electrons. The van der Waals surface area contributed by atoms with E-state index in [1.165, 1.54) is 0 Å². The largest absolute Gasteiger partial charge is 0.350 e. The number of carbonyl (C=O) groups excluding carboxylic acids is 1. The van der Waals surface area contributed by atoms with E-state index in [9.17, 15) is 4.79 Å². The van der Waals surface area contributed by atoms with Crippen molar-refractivity contribution in [3.63, 3.8) is 0 Å². The van der Waals surface area contributed by atoms with Crippen molar-refractivity contribution in [3.05, 3.63) is 96.6 Å². The van der Waals surface area contributed by atoms with Crippen molar-refractivity contribution in [2.45, 2.75) is 50.9 Å². The topological polar surface area (TPSA) is 46.9 Å². The predicted molar refractivity (Wildman–Crippen MR) is 146 cm³/mol. The number of rotatable bonds is 10. The first-order valence-electron chi connectivity index (χ1n) is 12.2. The molecule has 0 aliphatic carbocycles. The van der Waals surface area contributed by atoms with Crippen LogP contribution in [0.15, 0.2) is 96.2 Å². The first-order valence-corrected chi connectivity index (χ1v) is 13.2. The third-order valence-electron chi connectivity index (χ3n) is 5.95. The van der Waals surface area contributed by atoms with Crippen LogP contribution in [-0.2, 0) is 4.79 Å². The van der Waals surface area contributed by atoms with E-state index < -0.39 is 0 Å². The minimum atomic E-state index is 0.0121. The smallest absolute Gasteiger partial charge is 0.220 e. The zero-order valence-electron chi connectivity index (χ0n) is 20.6. The zero-order valence-corrected chi connectivity index (χ0v) is 21.5. The van der Waals surface area contributed by atoms with Gasteiger partial charge in [0.15, 0.2) is 5.16 Å². The molecule has 1 aromatic heterocycles. The molecule has 5 heteroatoms. The predicted octanol–water partition coefficient (Wildman–Crippen LogP) is 7.55. The molecule has 35 heavy (non-hydrogen) atoms. The summed E-state index contributed by atoms with van der Waals surface area (Å²) in [6.45, 7) is 6.42. The van der Waals surface area contributed by atoms with Crippen LogP contribution in [0.25, 0.3) is 22.5 Å². The molecular weight excluding hydrogens is 450 g/mol. The lowest BCUT2D eigenvalue weighted by molar-refractivity contribution is -0.121. The second-order valence-corrected chi connectivity index (χ2v) is 10.0. The molecule has 0 saturated carbocycles. The zero-order chi connectivity index (χ0) is 24.6. The SMILES string of the molecule is CC(NC(=O)CCCSc1nc(-c2ccccc2)c(-c2ccccc2)n1C(C)C)c1ccccc1. The van der Waals surface area contributed by atoms with Crippen molar-refractivity contribution in [2.75, 3.05) is 5.75 Å². The van der Waals surface area contributed by atoms with Crippen molar-refractivity contribution in [1.82, 2.24) is 14.9 Å². The Morgan fingerprint density at radius 2 is 1.43 bits per heavy atom. The van der Waals surface area contributed by atoms with Crippen LogP contribution in [-0.4, -0.2) is 21.2 Å². The molecule has 0 aliphatic rings. The molecule has 3 aromatic carbocycles. The van der Waals surface area contributed by atoms with E-state index in [1.54, 1.807) is 11.8 Å². The fraction of sp³-hybridized carbons (Fsp3) is 0.267. The Kier molecular flexibility index (Phi) is 8.43. The number of amides is 1. The number of thioether (sulfide) groups is 1. The molecule has 0 radical (unpaired) electrons. The Labute approximate surface area is 212 Å². The fourth-order valence-electron chi connectivity index (χ4n) is 4.20. The summed E-state index contributed by atoms with van der Waals surface area (Å²) < 4.78 is 2.33. The van der Waals surface area contributed by atoms with Crippen LogP contribution in [0, 0.1) is 0 Å². The third kappa shape index (κ3) is 6.23. The molecule has 4 aromatic rings. The summed E-state index contributed by atoms with van der Waals surface area (Å²) >= 11 is 1.73. The molecule has 0 saturated heterocycles. The highest BCUT2D eigenvalue weighted by molar-refractivity contribution is 7.99. The van der Waals surface area contributed by atoms with Gasteiger partial charge in [0.25, 0.3) is 0 Å². The maximum Gasteiger partial charge on any atom is 0.220 e. The highest BCUT2D eigenvalue weighted by Gasteiger charge is 2.22. The highest BCUT2D eigenvalue weighted by atomic mass is 32.2. The number of nitrogens with zero attached hydrogens (tertiary/aromatic N) is 2. The first-order chi connectivity index (χ1) is 17.0. The second-order valence-electron chi connectivity index (χ2n) is 8.94. The Balaban J connectivity index is 1.48. The molecule has 1 atom stereocenters. The summed E-state index contributed by atoms with van der Waals surface area (Å²) in [5.74, 6) is 0.920. The Morgan fingerprint density at radius 1 is 0.857 bits per heavy atom. The summed E-state index contributed by atoms with van der Waals surface area (Å²) in [5.41, 5.74) is 5.54. The molecule has 1 heterocycles. The van der Waals surface area contributed by atoms with Crippen LogP contribution >= 0.6 is 11.8 Å². The van der Waals surface area contributed by atoms with E-state index in [1.807, 2.05) is 49.4 Å². The van der Waals surface area contributed by atoms with Gasteiger partial charge < -0.3 is 9.88 Å². The second kappa shape index (κ2) is 11.9. The van der Waals surface area contributed by atoms with E-state index in [-0.39, 0.29) is 18.0 Å². The Morgan fingerprint density at radius 3 is 2.03 bits per heavy atom. The number of aromatic nitrogens is 2. The van der Waals surface area contributed by atoms with Crippen molar-refractivity contribution in [1.29, 1.82) is 0 Å². The van der Waals surface area contributed by atoms with Gasteiger partial charge in [-0.25, -0.2) is 4.98 Å². The van der Waals surface area contributed by atoms with Crippen molar-refractivity contribution in [2.24, 2.45) is 0 Å². The average Bonchev–Trinajstić information content (AvgIpc) is 3.28. The summed E-state index contributed by atoms with van der Waals surface area (Å²) in [7, 11) is 0. The molecule has 0 fully saturated rings. The van der Waals surface area contributed by atoms with Crippen LogP contribution in [0.3, 0.4) is 0 Å². The number of hydrogen-bond acceptors (Lipinski definition) is 3. The lowest BCUT2D eigenvalue weighted by Crippen LogP contribution is -2.26. The van der Waals surface area contributed by atoms with Crippen molar-refractivity contribution >= 4 is 17.7 Å². The van der Waals surface area contributed by atoms with Gasteiger partial charge in [0.2, 0.25) is 5.91 Å². The molecule has 0 aliphatic heterocycles. The highest BCUT2D eigenvalue weighted by Crippen LogP contribution is 2.38. The molecule has 1 unspecified atom stereocenters. The standard InChI is InChI=1S/C30H33N3OS/c1-22(2)33-29(26-18-11-6-12-19-26)28(25-16-9-5-10-17-25)32-30(33)35-21-13-20-27(34)31-23(3)24-14-7-4-8-15-24/h4-12,14-19,22-23H,13,20-21H2,1-3H3,(H,31,34). The van der Waals surface area contributed by atoms with E-state index in [4.69, 9.17) is 4.98 Å². The summed E-state index contributed by atoms with van der Waals surface area (Å²) in [6, 6.07) is 31.2. The molecule has 0 bridgehead atoms. The molecule has 4 rings (SSSR count). The van der Waals surface area contributed by atoms with Crippen molar-refractivity contribution < 1.29 is 4.79 Å². The van der Waals surface area contributed by atoms with Gasteiger partial charge in [-0.15, -0.1) is 0 Å². The third-order valence-corrected chi connectivity index (χ3v) is 6.98. The number of benzene rings is 3. The first kappa shape index (κ1) is 24.8. The van der Waals surface area contributed by atoms with Gasteiger partial charge in [0.05, 0.1) is 17.4 Å². The maximum atomic E-state index is 12.5. The van der Waals surface area contributed by atoms with Crippen LogP contribution in [0.5, 0.6) is 0 Å². The number of carbonyl (C=O) groups is 1. The van der Waals surface area contributed by atoms with Crippen LogP contribution in [0.4, 0.5) is 0 Å². The quantitative estimate of drug-likeness (QED) is 0.187. The van der Waals surface area contributed by atoms with E-state index in [0.717, 1.165) is 45.4 Å². The number of nitrogens with one attached hydrogen (secondary N) is 1. The molecule has 0 spiro atoms. The number of hydrogen-bond donors (Lipinski definition) is 1. The fourth-order valence-corrected chi connectivity index (χ4v) is 5.27. The van der Waals surface area contributed by atoms with E-state index >= 15 is 0 Å². The Bertz CT molecular complexity index is 1220. The van der Waals surface area contributed by atoms with Gasteiger partial charge in [0, 0.05) is 29.3 Å². The minimum absolute atomic E-state index is 0.0121. The van der Waals surface area contributed by atoms with Gasteiger partial charge in [-0.2, -0.15) is 0 Å². The van der Waals surface area contributed by atoms with Gasteiger partial charge in [-0.3, -0.25) is 4.79 Å². The lowest BCUT2D eigenvalue weighted by Gasteiger charge is -2.16. The molecule has 1 amide bonds. The van der Waals surface area contributed by atoms with E-state index in [0.29, 0.717) is 6.42 Å². The summed E-state index contributed by atoms with van der Waals surface area (Å²) in [6.07, 6.45) is 1.30. The van der Waals surface area contributed by atoms with Crippen molar-refractivity contribution in [3.8, 4) is 22.5 Å². The van der Waals surface area contributed by atoms with Gasteiger partial charge >= 0.3 is 0 Å². The molecular formula is C30H33N3OS. The normalized spacial score (nSPS) is 12.0. The molecule has 4 nitrogen and oxygen atoms in total. The maximum absolute atomic E-state index is 12.5. The average molecular weight is 484 g/mol. The monoisotopic (exact) mass is 483 g/mol. The summed E-state index contributed by atoms with van der Waals surface area (Å²) in [4.78, 5) is 17.6. The Hall–Kier alpha value is -3.31. The van der Waals surface area contributed by atoms with Gasteiger partial charge in [0.1, 0.15) is 0 Å². The van der Waals surface area contributed by atoms with Gasteiger partial charge in [-0.05, 0) is 32.8 Å². The lowest BCUT2D eigenvalue weighted by atomic mass is 10.0. The summed E-state index contributed by atoms with van der Waals surface area (Å²) in [5, 5.41) is 4.11. The van der Waals surface area contributed by atoms with E-state index in [2.05, 4.69) is 72.3 Å².